The van der Waals surface area contributed by atoms with E-state index in [9.17, 15) is 4.39 Å². The van der Waals surface area contributed by atoms with Crippen LogP contribution in [0.25, 0.3) is 0 Å². The first-order chi connectivity index (χ1) is 12.0. The van der Waals surface area contributed by atoms with Crippen LogP contribution in [0.1, 0.15) is 11.1 Å². The van der Waals surface area contributed by atoms with Crippen LogP contribution in [0.4, 0.5) is 10.1 Å². The fourth-order valence-electron chi connectivity index (χ4n) is 2.86. The molecular weight excluding hydrogens is 409 g/mol. The zero-order valence-corrected chi connectivity index (χ0v) is 16.1. The Morgan fingerprint density at radius 2 is 2.08 bits per heavy atom. The number of nitrogen functional groups attached to an aromatic ring is 1. The molecular formula is C18H18BrClFN3O. The van der Waals surface area contributed by atoms with Crippen molar-refractivity contribution in [1.82, 2.24) is 4.90 Å². The number of methoxy groups -OCH3 is 1. The van der Waals surface area contributed by atoms with E-state index in [2.05, 4.69) is 25.8 Å². The van der Waals surface area contributed by atoms with Crippen LogP contribution >= 0.6 is 27.5 Å². The van der Waals surface area contributed by atoms with Gasteiger partial charge in [0.1, 0.15) is 5.75 Å². The Bertz CT molecular complexity index is 811. The molecule has 0 saturated heterocycles. The average molecular weight is 427 g/mol. The second kappa shape index (κ2) is 7.72. The maximum atomic E-state index is 14.1. The van der Waals surface area contributed by atoms with Gasteiger partial charge >= 0.3 is 0 Å². The van der Waals surface area contributed by atoms with Crippen molar-refractivity contribution >= 4 is 38.9 Å². The number of nitrogens with zero attached hydrogens (tertiary/aromatic N) is 2. The fourth-order valence-corrected chi connectivity index (χ4v) is 3.87. The summed E-state index contributed by atoms with van der Waals surface area (Å²) in [4.78, 5) is 6.80. The number of ether oxygens (including phenoxy) is 1. The SMILES string of the molecule is COc1ccc(CN2CCN=C(c3c(Br)cc(Cl)c(F)c3N)C2)cc1. The Kier molecular flexibility index (Phi) is 5.61. The van der Waals surface area contributed by atoms with Gasteiger partial charge in [-0.2, -0.15) is 0 Å². The quantitative estimate of drug-likeness (QED) is 0.590. The Morgan fingerprint density at radius 3 is 2.76 bits per heavy atom. The zero-order valence-electron chi connectivity index (χ0n) is 13.7. The third-order valence-corrected chi connectivity index (χ3v) is 5.05. The van der Waals surface area contributed by atoms with E-state index in [1.807, 2.05) is 24.3 Å². The van der Waals surface area contributed by atoms with Crippen LogP contribution in [0.3, 0.4) is 0 Å². The highest BCUT2D eigenvalue weighted by Crippen LogP contribution is 2.32. The maximum Gasteiger partial charge on any atom is 0.165 e. The smallest absolute Gasteiger partial charge is 0.165 e. The van der Waals surface area contributed by atoms with Crippen LogP contribution in [0, 0.1) is 5.82 Å². The summed E-state index contributed by atoms with van der Waals surface area (Å²) in [5, 5.41) is -0.000349. The molecule has 1 heterocycles. The van der Waals surface area contributed by atoms with Crippen molar-refractivity contribution in [2.75, 3.05) is 32.5 Å². The largest absolute Gasteiger partial charge is 0.497 e. The predicted octanol–water partition coefficient (Wildman–Crippen LogP) is 4.14. The Balaban J connectivity index is 1.79. The summed E-state index contributed by atoms with van der Waals surface area (Å²) >= 11 is 9.27. The van der Waals surface area contributed by atoms with Gasteiger partial charge in [0.15, 0.2) is 5.82 Å². The standard InChI is InChI=1S/C18H18BrClFN3O/c1-25-12-4-2-11(3-5-12)9-24-7-6-23-15(10-24)16-13(19)8-14(20)17(21)18(16)22/h2-5,8H,6-7,9-10,22H2,1H3. The molecule has 0 bridgehead atoms. The van der Waals surface area contributed by atoms with Gasteiger partial charge in [0.05, 0.1) is 30.1 Å². The molecule has 0 radical (unpaired) electrons. The fraction of sp³-hybridized carbons (Fsp3) is 0.278. The third kappa shape index (κ3) is 3.97. The monoisotopic (exact) mass is 425 g/mol. The lowest BCUT2D eigenvalue weighted by Gasteiger charge is -2.27. The molecule has 0 spiro atoms. The summed E-state index contributed by atoms with van der Waals surface area (Å²) in [5.74, 6) is 0.229. The molecule has 0 aliphatic carbocycles. The first-order valence-corrected chi connectivity index (χ1v) is 8.98. The molecule has 1 aliphatic heterocycles. The number of aliphatic imine (C=N–C) groups is 1. The molecule has 2 aromatic rings. The highest BCUT2D eigenvalue weighted by molar-refractivity contribution is 9.10. The molecule has 0 aromatic heterocycles. The summed E-state index contributed by atoms with van der Waals surface area (Å²) in [6.07, 6.45) is 0. The van der Waals surface area contributed by atoms with Gasteiger partial charge in [-0.1, -0.05) is 23.7 Å². The van der Waals surface area contributed by atoms with Crippen molar-refractivity contribution < 1.29 is 9.13 Å². The van der Waals surface area contributed by atoms with Crippen LogP contribution in [0.2, 0.25) is 5.02 Å². The summed E-state index contributed by atoms with van der Waals surface area (Å²) in [5.41, 5.74) is 8.50. The molecule has 25 heavy (non-hydrogen) atoms. The molecule has 132 valence electrons. The summed E-state index contributed by atoms with van der Waals surface area (Å²) in [6.45, 7) is 2.84. The molecule has 2 N–H and O–H groups in total. The Labute approximate surface area is 159 Å². The summed E-state index contributed by atoms with van der Waals surface area (Å²) in [6, 6.07) is 9.48. The molecule has 0 atom stereocenters. The lowest BCUT2D eigenvalue weighted by molar-refractivity contribution is 0.302. The highest BCUT2D eigenvalue weighted by Gasteiger charge is 2.22. The predicted molar refractivity (Wildman–Crippen MR) is 103 cm³/mol. The van der Waals surface area contributed by atoms with Crippen LogP contribution in [0.5, 0.6) is 5.75 Å². The average Bonchev–Trinajstić information content (AvgIpc) is 2.61. The number of rotatable bonds is 4. The van der Waals surface area contributed by atoms with Gasteiger partial charge in [-0.25, -0.2) is 4.39 Å². The summed E-state index contributed by atoms with van der Waals surface area (Å²) < 4.78 is 19.9. The van der Waals surface area contributed by atoms with E-state index in [1.165, 1.54) is 11.6 Å². The number of hydrogen-bond acceptors (Lipinski definition) is 4. The van der Waals surface area contributed by atoms with Crippen molar-refractivity contribution in [3.8, 4) is 5.75 Å². The normalized spacial score (nSPS) is 15.1. The molecule has 0 unspecified atom stereocenters. The van der Waals surface area contributed by atoms with Crippen molar-refractivity contribution in [3.63, 3.8) is 0 Å². The second-order valence-corrected chi connectivity index (χ2v) is 7.09. The number of nitrogens with two attached hydrogens (primary N) is 1. The lowest BCUT2D eigenvalue weighted by Crippen LogP contribution is -2.36. The molecule has 2 aromatic carbocycles. The van der Waals surface area contributed by atoms with Gasteiger partial charge < -0.3 is 10.5 Å². The molecule has 0 saturated carbocycles. The van der Waals surface area contributed by atoms with E-state index in [1.54, 1.807) is 7.11 Å². The van der Waals surface area contributed by atoms with Gasteiger partial charge in [-0.15, -0.1) is 0 Å². The van der Waals surface area contributed by atoms with E-state index in [-0.39, 0.29) is 10.7 Å². The molecule has 1 aliphatic rings. The Morgan fingerprint density at radius 1 is 1.36 bits per heavy atom. The highest BCUT2D eigenvalue weighted by atomic mass is 79.9. The zero-order chi connectivity index (χ0) is 18.0. The van der Waals surface area contributed by atoms with E-state index < -0.39 is 5.82 Å². The number of anilines is 1. The maximum absolute atomic E-state index is 14.1. The molecule has 0 amide bonds. The number of halogens is 3. The van der Waals surface area contributed by atoms with E-state index >= 15 is 0 Å². The minimum atomic E-state index is -0.602. The van der Waals surface area contributed by atoms with Crippen LogP contribution in [-0.2, 0) is 6.54 Å². The first-order valence-electron chi connectivity index (χ1n) is 7.81. The van der Waals surface area contributed by atoms with Crippen molar-refractivity contribution in [2.45, 2.75) is 6.54 Å². The minimum absolute atomic E-state index is 0.000349. The van der Waals surface area contributed by atoms with Gasteiger partial charge in [-0.3, -0.25) is 9.89 Å². The lowest BCUT2D eigenvalue weighted by atomic mass is 10.0. The third-order valence-electron chi connectivity index (χ3n) is 4.15. The van der Waals surface area contributed by atoms with Crippen molar-refractivity contribution in [3.05, 3.63) is 56.8 Å². The van der Waals surface area contributed by atoms with Crippen molar-refractivity contribution in [2.24, 2.45) is 4.99 Å². The molecule has 4 nitrogen and oxygen atoms in total. The topological polar surface area (TPSA) is 50.8 Å². The van der Waals surface area contributed by atoms with E-state index in [0.717, 1.165) is 24.6 Å². The molecule has 3 rings (SSSR count). The number of hydrogen-bond donors (Lipinski definition) is 1. The number of benzene rings is 2. The second-order valence-electron chi connectivity index (χ2n) is 5.83. The van der Waals surface area contributed by atoms with E-state index in [0.29, 0.717) is 23.1 Å². The molecule has 7 heteroatoms. The van der Waals surface area contributed by atoms with Gasteiger partial charge in [0.25, 0.3) is 0 Å². The van der Waals surface area contributed by atoms with E-state index in [4.69, 9.17) is 22.1 Å². The first kappa shape index (κ1) is 18.2. The van der Waals surface area contributed by atoms with Gasteiger partial charge in [0, 0.05) is 29.7 Å². The van der Waals surface area contributed by atoms with Gasteiger partial charge in [-0.05, 0) is 39.7 Å². The van der Waals surface area contributed by atoms with Gasteiger partial charge in [0.2, 0.25) is 0 Å². The van der Waals surface area contributed by atoms with Crippen LogP contribution < -0.4 is 10.5 Å². The van der Waals surface area contributed by atoms with Crippen LogP contribution in [0.15, 0.2) is 39.8 Å². The summed E-state index contributed by atoms with van der Waals surface area (Å²) in [7, 11) is 1.65. The van der Waals surface area contributed by atoms with Crippen molar-refractivity contribution in [1.29, 1.82) is 0 Å². The molecule has 0 fully saturated rings. The Hall–Kier alpha value is -1.63. The minimum Gasteiger partial charge on any atom is -0.497 e. The van der Waals surface area contributed by atoms with Crippen LogP contribution in [-0.4, -0.2) is 37.4 Å².